The third-order valence-corrected chi connectivity index (χ3v) is 2.67. The Morgan fingerprint density at radius 1 is 1.44 bits per heavy atom. The van der Waals surface area contributed by atoms with E-state index in [0.29, 0.717) is 6.54 Å². The lowest BCUT2D eigenvalue weighted by Crippen LogP contribution is -2.40. The van der Waals surface area contributed by atoms with Crippen molar-refractivity contribution < 1.29 is 4.79 Å². The van der Waals surface area contributed by atoms with E-state index in [0.717, 1.165) is 17.0 Å². The normalized spacial score (nSPS) is 12.2. The van der Waals surface area contributed by atoms with E-state index in [4.69, 9.17) is 17.3 Å². The highest BCUT2D eigenvalue weighted by Gasteiger charge is 2.12. The first-order valence-corrected chi connectivity index (χ1v) is 5.63. The quantitative estimate of drug-likeness (QED) is 0.871. The van der Waals surface area contributed by atoms with Gasteiger partial charge in [0.05, 0.1) is 6.04 Å². The van der Waals surface area contributed by atoms with Crippen molar-refractivity contribution >= 4 is 17.5 Å². The fraction of sp³-hybridized carbons (Fsp3) is 0.417. The van der Waals surface area contributed by atoms with Gasteiger partial charge in [-0.25, -0.2) is 0 Å². The van der Waals surface area contributed by atoms with Gasteiger partial charge in [-0.2, -0.15) is 0 Å². The number of benzene rings is 1. The monoisotopic (exact) mass is 240 g/mol. The predicted molar refractivity (Wildman–Crippen MR) is 66.4 cm³/mol. The Kier molecular flexibility index (Phi) is 4.77. The molecule has 0 aromatic heterocycles. The zero-order valence-corrected chi connectivity index (χ0v) is 10.4. The van der Waals surface area contributed by atoms with Crippen LogP contribution in [0.3, 0.4) is 0 Å². The molecule has 1 rings (SSSR count). The van der Waals surface area contributed by atoms with Gasteiger partial charge in [0.1, 0.15) is 0 Å². The van der Waals surface area contributed by atoms with Crippen molar-refractivity contribution in [3.63, 3.8) is 0 Å². The fourth-order valence-corrected chi connectivity index (χ4v) is 1.53. The van der Waals surface area contributed by atoms with Crippen molar-refractivity contribution in [1.82, 2.24) is 4.90 Å². The topological polar surface area (TPSA) is 46.3 Å². The molecule has 0 aliphatic heterocycles. The average molecular weight is 241 g/mol. The molecule has 0 spiro atoms. The predicted octanol–water partition coefficient (Wildman–Crippen LogP) is 1.69. The van der Waals surface area contributed by atoms with E-state index in [9.17, 15) is 4.79 Å². The largest absolute Gasteiger partial charge is 0.344 e. The highest BCUT2D eigenvalue weighted by molar-refractivity contribution is 6.30. The highest BCUT2D eigenvalue weighted by atomic mass is 35.5. The van der Waals surface area contributed by atoms with E-state index < -0.39 is 6.04 Å². The summed E-state index contributed by atoms with van der Waals surface area (Å²) in [5.41, 5.74) is 6.68. The molecule has 0 radical (unpaired) electrons. The minimum Gasteiger partial charge on any atom is -0.344 e. The summed E-state index contributed by atoms with van der Waals surface area (Å²) in [5.74, 6) is -0.0334. The van der Waals surface area contributed by atoms with Crippen molar-refractivity contribution in [2.45, 2.75) is 19.4 Å². The molecule has 1 amide bonds. The Morgan fingerprint density at radius 3 is 2.50 bits per heavy atom. The summed E-state index contributed by atoms with van der Waals surface area (Å²) in [4.78, 5) is 13.2. The minimum atomic E-state index is -0.435. The fourth-order valence-electron chi connectivity index (χ4n) is 1.41. The first-order valence-electron chi connectivity index (χ1n) is 5.25. The molecule has 16 heavy (non-hydrogen) atoms. The van der Waals surface area contributed by atoms with Crippen LogP contribution in [0.2, 0.25) is 5.02 Å². The number of carbonyl (C=O) groups excluding carboxylic acids is 1. The maximum absolute atomic E-state index is 11.5. The van der Waals surface area contributed by atoms with Crippen LogP contribution in [-0.2, 0) is 11.2 Å². The van der Waals surface area contributed by atoms with Gasteiger partial charge < -0.3 is 10.6 Å². The van der Waals surface area contributed by atoms with E-state index in [1.54, 1.807) is 18.9 Å². The van der Waals surface area contributed by atoms with Crippen LogP contribution < -0.4 is 5.73 Å². The number of nitrogens with two attached hydrogens (primary N) is 1. The van der Waals surface area contributed by atoms with Crippen LogP contribution in [0.25, 0.3) is 0 Å². The molecule has 88 valence electrons. The van der Waals surface area contributed by atoms with Gasteiger partial charge in [-0.15, -0.1) is 0 Å². The first kappa shape index (κ1) is 13.0. The van der Waals surface area contributed by atoms with Gasteiger partial charge in [-0.05, 0) is 31.0 Å². The molecule has 0 saturated carbocycles. The van der Waals surface area contributed by atoms with E-state index in [-0.39, 0.29) is 5.91 Å². The van der Waals surface area contributed by atoms with E-state index in [1.807, 2.05) is 24.3 Å². The lowest BCUT2D eigenvalue weighted by molar-refractivity contribution is -0.130. The van der Waals surface area contributed by atoms with E-state index in [1.165, 1.54) is 0 Å². The summed E-state index contributed by atoms with van der Waals surface area (Å²) in [6.45, 7) is 2.36. The molecular formula is C12H17ClN2O. The SMILES string of the molecule is CC(N)C(=O)N(C)CCc1ccc(Cl)cc1. The summed E-state index contributed by atoms with van der Waals surface area (Å²) in [6.07, 6.45) is 0.812. The molecule has 1 unspecified atom stereocenters. The number of rotatable bonds is 4. The second kappa shape index (κ2) is 5.87. The molecule has 1 atom stereocenters. The van der Waals surface area contributed by atoms with Crippen LogP contribution >= 0.6 is 11.6 Å². The lowest BCUT2D eigenvalue weighted by Gasteiger charge is -2.19. The molecule has 0 bridgehead atoms. The molecule has 4 heteroatoms. The van der Waals surface area contributed by atoms with Crippen molar-refractivity contribution in [2.24, 2.45) is 5.73 Å². The number of hydrogen-bond donors (Lipinski definition) is 1. The summed E-state index contributed by atoms with van der Waals surface area (Å²) >= 11 is 5.79. The average Bonchev–Trinajstić information content (AvgIpc) is 2.26. The minimum absolute atomic E-state index is 0.0334. The Balaban J connectivity index is 2.45. The van der Waals surface area contributed by atoms with Crippen molar-refractivity contribution in [1.29, 1.82) is 0 Å². The third kappa shape index (κ3) is 3.83. The number of nitrogens with zero attached hydrogens (tertiary/aromatic N) is 1. The van der Waals surface area contributed by atoms with Crippen LogP contribution in [0, 0.1) is 0 Å². The number of halogens is 1. The van der Waals surface area contributed by atoms with Gasteiger partial charge in [0.15, 0.2) is 0 Å². The smallest absolute Gasteiger partial charge is 0.238 e. The maximum atomic E-state index is 11.5. The van der Waals surface area contributed by atoms with Gasteiger partial charge in [0, 0.05) is 18.6 Å². The van der Waals surface area contributed by atoms with Crippen LogP contribution in [0.15, 0.2) is 24.3 Å². The van der Waals surface area contributed by atoms with Gasteiger partial charge in [0.25, 0.3) is 0 Å². The molecule has 1 aromatic carbocycles. The molecule has 1 aromatic rings. The summed E-state index contributed by atoms with van der Waals surface area (Å²) in [6, 6.07) is 7.20. The number of carbonyl (C=O) groups is 1. The van der Waals surface area contributed by atoms with Crippen molar-refractivity contribution in [3.05, 3.63) is 34.9 Å². The zero-order chi connectivity index (χ0) is 12.1. The van der Waals surface area contributed by atoms with Crippen LogP contribution in [-0.4, -0.2) is 30.4 Å². The van der Waals surface area contributed by atoms with E-state index >= 15 is 0 Å². The Bertz CT molecular complexity index is 349. The van der Waals surface area contributed by atoms with Crippen molar-refractivity contribution in [2.75, 3.05) is 13.6 Å². The third-order valence-electron chi connectivity index (χ3n) is 2.41. The Labute approximate surface area is 101 Å². The standard InChI is InChI=1S/C12H17ClN2O/c1-9(14)12(16)15(2)8-7-10-3-5-11(13)6-4-10/h3-6,9H,7-8,14H2,1-2H3. The van der Waals surface area contributed by atoms with Gasteiger partial charge >= 0.3 is 0 Å². The summed E-state index contributed by atoms with van der Waals surface area (Å²) in [5, 5.41) is 0.726. The van der Waals surface area contributed by atoms with Crippen LogP contribution in [0.1, 0.15) is 12.5 Å². The summed E-state index contributed by atoms with van der Waals surface area (Å²) < 4.78 is 0. The molecule has 2 N–H and O–H groups in total. The van der Waals surface area contributed by atoms with Crippen LogP contribution in [0.4, 0.5) is 0 Å². The lowest BCUT2D eigenvalue weighted by atomic mass is 10.1. The molecule has 0 aliphatic carbocycles. The summed E-state index contributed by atoms with van der Waals surface area (Å²) in [7, 11) is 1.77. The zero-order valence-electron chi connectivity index (χ0n) is 9.61. The first-order chi connectivity index (χ1) is 7.50. The number of likely N-dealkylation sites (N-methyl/N-ethyl adjacent to an activating group) is 1. The maximum Gasteiger partial charge on any atom is 0.238 e. The molecule has 0 saturated heterocycles. The Morgan fingerprint density at radius 2 is 2.00 bits per heavy atom. The molecule has 3 nitrogen and oxygen atoms in total. The second-order valence-electron chi connectivity index (χ2n) is 3.92. The van der Waals surface area contributed by atoms with Crippen LogP contribution in [0.5, 0.6) is 0 Å². The van der Waals surface area contributed by atoms with E-state index in [2.05, 4.69) is 0 Å². The molecule has 0 aliphatic rings. The molecule has 0 fully saturated rings. The number of hydrogen-bond acceptors (Lipinski definition) is 2. The molecular weight excluding hydrogens is 224 g/mol. The molecule has 0 heterocycles. The number of amides is 1. The van der Waals surface area contributed by atoms with Gasteiger partial charge in [-0.1, -0.05) is 23.7 Å². The Hall–Kier alpha value is -1.06. The second-order valence-corrected chi connectivity index (χ2v) is 4.36. The van der Waals surface area contributed by atoms with Gasteiger partial charge in [-0.3, -0.25) is 4.79 Å². The van der Waals surface area contributed by atoms with Gasteiger partial charge in [0.2, 0.25) is 5.91 Å². The van der Waals surface area contributed by atoms with Crippen molar-refractivity contribution in [3.8, 4) is 0 Å². The highest BCUT2D eigenvalue weighted by Crippen LogP contribution is 2.10.